The molecule has 1 N–H and O–H groups in total. The normalized spacial score (nSPS) is 12.6. The van der Waals surface area contributed by atoms with Gasteiger partial charge >= 0.3 is 0 Å². The van der Waals surface area contributed by atoms with Crippen LogP contribution in [0.5, 0.6) is 0 Å². The first-order chi connectivity index (χ1) is 5.58. The van der Waals surface area contributed by atoms with Crippen molar-refractivity contribution in [2.24, 2.45) is 0 Å². The Morgan fingerprint density at radius 3 is 2.58 bits per heavy atom. The molecule has 0 aliphatic heterocycles. The molecule has 0 radical (unpaired) electrons. The highest BCUT2D eigenvalue weighted by Gasteiger charge is 1.97. The molecule has 0 saturated heterocycles. The van der Waals surface area contributed by atoms with Crippen LogP contribution >= 0.6 is 0 Å². The summed E-state index contributed by atoms with van der Waals surface area (Å²) in [5, 5.41) is 0. The fraction of sp³-hybridized carbons (Fsp3) is 0.375. The average Bonchev–Trinajstić information content (AvgIpc) is 1.81. The van der Waals surface area contributed by atoms with Crippen molar-refractivity contribution in [3.8, 4) is 0 Å². The lowest BCUT2D eigenvalue weighted by molar-refractivity contribution is 0.689. The quantitative estimate of drug-likeness (QED) is 0.755. The van der Waals surface area contributed by atoms with E-state index < -0.39 is 11.0 Å². The summed E-state index contributed by atoms with van der Waals surface area (Å²) in [6.07, 6.45) is 1.58. The Labute approximate surface area is 74.8 Å². The van der Waals surface area contributed by atoms with Crippen LogP contribution in [0.3, 0.4) is 0 Å². The number of aromatic nitrogens is 1. The van der Waals surface area contributed by atoms with Crippen LogP contribution in [0.4, 0.5) is 5.82 Å². The minimum atomic E-state index is -1.05. The van der Waals surface area contributed by atoms with Crippen LogP contribution in [-0.4, -0.2) is 15.4 Å². The van der Waals surface area contributed by atoms with Gasteiger partial charge in [0.1, 0.15) is 16.8 Å². The Hall–Kier alpha value is -0.900. The summed E-state index contributed by atoms with van der Waals surface area (Å²) in [6, 6.07) is 3.85. The molecule has 1 rings (SSSR count). The van der Waals surface area contributed by atoms with E-state index in [9.17, 15) is 4.21 Å². The van der Waals surface area contributed by atoms with E-state index in [4.69, 9.17) is 0 Å². The van der Waals surface area contributed by atoms with Gasteiger partial charge in [-0.05, 0) is 31.5 Å². The lowest BCUT2D eigenvalue weighted by Gasteiger charge is -2.03. The van der Waals surface area contributed by atoms with Gasteiger partial charge in [-0.2, -0.15) is 0 Å². The first-order valence-electron chi connectivity index (χ1n) is 3.63. The molecule has 1 atom stereocenters. The molecule has 66 valence electrons. The van der Waals surface area contributed by atoms with E-state index in [-0.39, 0.29) is 0 Å². The Morgan fingerprint density at radius 2 is 2.08 bits per heavy atom. The lowest BCUT2D eigenvalue weighted by atomic mass is 10.2. The third-order valence-corrected chi connectivity index (χ3v) is 1.84. The molecule has 1 aromatic heterocycles. The second-order valence-corrected chi connectivity index (χ2v) is 3.84. The molecule has 3 nitrogen and oxygen atoms in total. The summed E-state index contributed by atoms with van der Waals surface area (Å²) in [7, 11) is -1.05. The second-order valence-electron chi connectivity index (χ2n) is 2.73. The van der Waals surface area contributed by atoms with Gasteiger partial charge < -0.3 is 0 Å². The largest absolute Gasteiger partial charge is 0.290 e. The molecule has 0 fully saturated rings. The van der Waals surface area contributed by atoms with Crippen LogP contribution in [0.2, 0.25) is 0 Å². The van der Waals surface area contributed by atoms with Gasteiger partial charge in [-0.3, -0.25) is 4.72 Å². The minimum Gasteiger partial charge on any atom is -0.290 e. The Morgan fingerprint density at radius 1 is 1.42 bits per heavy atom. The van der Waals surface area contributed by atoms with Crippen LogP contribution < -0.4 is 4.72 Å². The van der Waals surface area contributed by atoms with Crippen molar-refractivity contribution in [3.05, 3.63) is 23.4 Å². The summed E-state index contributed by atoms with van der Waals surface area (Å²) in [4.78, 5) is 4.17. The molecule has 0 bridgehead atoms. The molecule has 0 amide bonds. The Kier molecular flexibility index (Phi) is 2.81. The van der Waals surface area contributed by atoms with Gasteiger partial charge in [0.2, 0.25) is 0 Å². The number of pyridine rings is 1. The highest BCUT2D eigenvalue weighted by Crippen LogP contribution is 2.08. The molecule has 0 spiro atoms. The third kappa shape index (κ3) is 2.62. The van der Waals surface area contributed by atoms with E-state index in [1.165, 1.54) is 0 Å². The van der Waals surface area contributed by atoms with Crippen LogP contribution in [-0.2, 0) is 11.0 Å². The number of aryl methyl sites for hydroxylation is 2. The van der Waals surface area contributed by atoms with Gasteiger partial charge in [0.15, 0.2) is 0 Å². The molecule has 1 unspecified atom stereocenters. The molecule has 0 aliphatic carbocycles. The molecule has 1 heterocycles. The first kappa shape index (κ1) is 9.19. The fourth-order valence-electron chi connectivity index (χ4n) is 1.04. The predicted octanol–water partition coefficient (Wildman–Crippen LogP) is 1.40. The minimum absolute atomic E-state index is 0.674. The fourth-order valence-corrected chi connectivity index (χ4v) is 1.44. The molecular weight excluding hydrogens is 172 g/mol. The summed E-state index contributed by atoms with van der Waals surface area (Å²) in [5.41, 5.74) is 2.05. The molecule has 4 heteroatoms. The zero-order valence-corrected chi connectivity index (χ0v) is 8.23. The number of anilines is 1. The molecule has 12 heavy (non-hydrogen) atoms. The molecule has 1 aromatic rings. The highest BCUT2D eigenvalue weighted by atomic mass is 32.2. The van der Waals surface area contributed by atoms with Crippen molar-refractivity contribution in [2.45, 2.75) is 13.8 Å². The van der Waals surface area contributed by atoms with Crippen molar-refractivity contribution >= 4 is 16.8 Å². The monoisotopic (exact) mass is 184 g/mol. The van der Waals surface area contributed by atoms with E-state index in [1.807, 2.05) is 26.0 Å². The highest BCUT2D eigenvalue weighted by molar-refractivity contribution is 7.85. The summed E-state index contributed by atoms with van der Waals surface area (Å²) in [5.74, 6) is 0.674. The topological polar surface area (TPSA) is 42.0 Å². The van der Waals surface area contributed by atoms with Crippen molar-refractivity contribution in [3.63, 3.8) is 0 Å². The Bertz CT molecular complexity index is 292. The second kappa shape index (κ2) is 3.67. The van der Waals surface area contributed by atoms with E-state index in [0.717, 1.165) is 11.3 Å². The Balaban J connectivity index is 2.93. The van der Waals surface area contributed by atoms with E-state index in [1.54, 1.807) is 6.26 Å². The average molecular weight is 184 g/mol. The summed E-state index contributed by atoms with van der Waals surface area (Å²) in [6.45, 7) is 3.90. The predicted molar refractivity (Wildman–Crippen MR) is 51.4 cm³/mol. The van der Waals surface area contributed by atoms with Crippen LogP contribution in [0.1, 0.15) is 11.3 Å². The standard InChI is InChI=1S/C8H12N2OS/c1-6-4-7(2)9-8(5-6)10-12(3)11/h4-5H,1-3H3,(H,9,10). The third-order valence-electron chi connectivity index (χ3n) is 1.35. The van der Waals surface area contributed by atoms with Crippen molar-refractivity contribution in [2.75, 3.05) is 11.0 Å². The van der Waals surface area contributed by atoms with Gasteiger partial charge in [0.05, 0.1) is 0 Å². The molecular formula is C8H12N2OS. The maximum atomic E-state index is 10.8. The van der Waals surface area contributed by atoms with Crippen LogP contribution in [0, 0.1) is 13.8 Å². The molecule has 0 aromatic carbocycles. The van der Waals surface area contributed by atoms with Crippen LogP contribution in [0.25, 0.3) is 0 Å². The van der Waals surface area contributed by atoms with Crippen molar-refractivity contribution in [1.29, 1.82) is 0 Å². The number of nitrogens with one attached hydrogen (secondary N) is 1. The van der Waals surface area contributed by atoms with Gasteiger partial charge in [-0.15, -0.1) is 0 Å². The maximum Gasteiger partial charge on any atom is 0.138 e. The summed E-state index contributed by atoms with van der Waals surface area (Å²) >= 11 is 0. The first-order valence-corrected chi connectivity index (χ1v) is 5.19. The molecule has 0 saturated carbocycles. The SMILES string of the molecule is Cc1cc(C)nc(NS(C)=O)c1. The van der Waals surface area contributed by atoms with Crippen molar-refractivity contribution < 1.29 is 4.21 Å². The van der Waals surface area contributed by atoms with E-state index in [0.29, 0.717) is 5.82 Å². The number of hydrogen-bond acceptors (Lipinski definition) is 2. The van der Waals surface area contributed by atoms with Crippen molar-refractivity contribution in [1.82, 2.24) is 4.98 Å². The van der Waals surface area contributed by atoms with Gasteiger partial charge in [0, 0.05) is 11.9 Å². The zero-order valence-electron chi connectivity index (χ0n) is 7.42. The number of hydrogen-bond donors (Lipinski definition) is 1. The smallest absolute Gasteiger partial charge is 0.138 e. The lowest BCUT2D eigenvalue weighted by Crippen LogP contribution is -2.03. The van der Waals surface area contributed by atoms with E-state index in [2.05, 4.69) is 9.71 Å². The van der Waals surface area contributed by atoms with Gasteiger partial charge in [0.25, 0.3) is 0 Å². The summed E-state index contributed by atoms with van der Waals surface area (Å²) < 4.78 is 13.5. The number of nitrogens with zero attached hydrogens (tertiary/aromatic N) is 1. The molecule has 0 aliphatic rings. The maximum absolute atomic E-state index is 10.8. The van der Waals surface area contributed by atoms with Gasteiger partial charge in [-0.25, -0.2) is 9.19 Å². The zero-order chi connectivity index (χ0) is 9.14. The van der Waals surface area contributed by atoms with Gasteiger partial charge in [-0.1, -0.05) is 0 Å². The van der Waals surface area contributed by atoms with Crippen LogP contribution in [0.15, 0.2) is 12.1 Å². The van der Waals surface area contributed by atoms with E-state index >= 15 is 0 Å². The number of rotatable bonds is 2.